The van der Waals surface area contributed by atoms with Crippen LogP contribution in [0.15, 0.2) is 55.9 Å². The summed E-state index contributed by atoms with van der Waals surface area (Å²) >= 11 is 3.47. The van der Waals surface area contributed by atoms with Crippen LogP contribution in [-0.2, 0) is 11.0 Å². The van der Waals surface area contributed by atoms with E-state index in [-0.39, 0.29) is 0 Å². The van der Waals surface area contributed by atoms with Crippen LogP contribution in [0, 0.1) is 0 Å². The van der Waals surface area contributed by atoms with Gasteiger partial charge in [0.05, 0.1) is 4.75 Å². The molecule has 0 radical (unpaired) electrons. The molecule has 0 N–H and O–H groups in total. The van der Waals surface area contributed by atoms with Crippen molar-refractivity contribution in [2.45, 2.75) is 25.5 Å². The standard InChI is InChI=1S/C18H17BrN2O2S/c1-18(2,3)24(22)20-11-12-10-13(19)8-9-14(12)17-15-6-4-5-7-16(15)23-21-17/h4-11H,1-3H3/b20-11+/t24-/m0/s1. The quantitative estimate of drug-likeness (QED) is 0.567. The zero-order chi connectivity index (χ0) is 17.3. The second-order valence-corrected chi connectivity index (χ2v) is 9.20. The van der Waals surface area contributed by atoms with Gasteiger partial charge in [0.25, 0.3) is 0 Å². The number of fused-ring (bicyclic) bond motifs is 1. The average Bonchev–Trinajstić information content (AvgIpc) is 2.95. The molecule has 4 nitrogen and oxygen atoms in total. The molecule has 6 heteroatoms. The first-order chi connectivity index (χ1) is 11.4. The SMILES string of the molecule is CC(C)(C)[S@](=O)/N=C/c1cc(Br)ccc1-c1noc2ccccc12. The van der Waals surface area contributed by atoms with Crippen molar-refractivity contribution in [3.8, 4) is 11.3 Å². The summed E-state index contributed by atoms with van der Waals surface area (Å²) in [6.07, 6.45) is 1.64. The van der Waals surface area contributed by atoms with Crippen molar-refractivity contribution >= 4 is 44.1 Å². The van der Waals surface area contributed by atoms with Crippen LogP contribution in [0.4, 0.5) is 0 Å². The number of rotatable bonds is 3. The van der Waals surface area contributed by atoms with Crippen molar-refractivity contribution < 1.29 is 8.73 Å². The van der Waals surface area contributed by atoms with Gasteiger partial charge in [-0.15, -0.1) is 0 Å². The van der Waals surface area contributed by atoms with Crippen molar-refractivity contribution in [2.24, 2.45) is 4.40 Å². The van der Waals surface area contributed by atoms with Gasteiger partial charge in [0.1, 0.15) is 16.7 Å². The predicted octanol–water partition coefficient (Wildman–Crippen LogP) is 5.14. The molecule has 0 saturated heterocycles. The Kier molecular flexibility index (Phi) is 4.69. The number of hydrogen-bond donors (Lipinski definition) is 0. The molecule has 0 bridgehead atoms. The van der Waals surface area contributed by atoms with Crippen LogP contribution in [0.3, 0.4) is 0 Å². The van der Waals surface area contributed by atoms with Crippen molar-refractivity contribution in [3.63, 3.8) is 0 Å². The highest BCUT2D eigenvalue weighted by Gasteiger charge is 2.19. The minimum Gasteiger partial charge on any atom is -0.356 e. The molecule has 0 amide bonds. The maximum Gasteiger partial charge on any atom is 0.167 e. The van der Waals surface area contributed by atoms with Crippen molar-refractivity contribution in [1.29, 1.82) is 0 Å². The van der Waals surface area contributed by atoms with Crippen LogP contribution in [-0.4, -0.2) is 20.3 Å². The van der Waals surface area contributed by atoms with Gasteiger partial charge in [-0.3, -0.25) is 0 Å². The lowest BCUT2D eigenvalue weighted by Gasteiger charge is -2.13. The van der Waals surface area contributed by atoms with Crippen molar-refractivity contribution in [1.82, 2.24) is 5.16 Å². The van der Waals surface area contributed by atoms with E-state index in [0.717, 1.165) is 32.3 Å². The summed E-state index contributed by atoms with van der Waals surface area (Å²) in [5.41, 5.74) is 3.21. The molecular formula is C18H17BrN2O2S. The van der Waals surface area contributed by atoms with E-state index in [1.165, 1.54) is 0 Å². The lowest BCUT2D eigenvalue weighted by Crippen LogP contribution is -2.19. The molecule has 0 fully saturated rings. The molecule has 2 aromatic carbocycles. The summed E-state index contributed by atoms with van der Waals surface area (Å²) in [5, 5.41) is 5.14. The Labute approximate surface area is 151 Å². The van der Waals surface area contributed by atoms with E-state index in [2.05, 4.69) is 25.5 Å². The van der Waals surface area contributed by atoms with Crippen LogP contribution in [0.25, 0.3) is 22.2 Å². The van der Waals surface area contributed by atoms with E-state index in [1.807, 2.05) is 63.2 Å². The van der Waals surface area contributed by atoms with Gasteiger partial charge in [-0.25, -0.2) is 4.21 Å². The summed E-state index contributed by atoms with van der Waals surface area (Å²) in [6, 6.07) is 13.5. The first-order valence-corrected chi connectivity index (χ1v) is 9.36. The van der Waals surface area contributed by atoms with E-state index >= 15 is 0 Å². The summed E-state index contributed by atoms with van der Waals surface area (Å²) in [4.78, 5) is 0. The Morgan fingerprint density at radius 1 is 1.21 bits per heavy atom. The molecule has 3 rings (SSSR count). The molecule has 124 valence electrons. The lowest BCUT2D eigenvalue weighted by atomic mass is 10.0. The Balaban J connectivity index is 2.10. The van der Waals surface area contributed by atoms with E-state index in [0.29, 0.717) is 0 Å². The third-order valence-electron chi connectivity index (χ3n) is 3.46. The van der Waals surface area contributed by atoms with Crippen molar-refractivity contribution in [2.75, 3.05) is 0 Å². The Morgan fingerprint density at radius 2 is 1.96 bits per heavy atom. The zero-order valence-corrected chi connectivity index (χ0v) is 16.0. The highest BCUT2D eigenvalue weighted by atomic mass is 79.9. The van der Waals surface area contributed by atoms with Gasteiger partial charge in [0, 0.05) is 27.2 Å². The number of benzene rings is 2. The number of aromatic nitrogens is 1. The molecule has 24 heavy (non-hydrogen) atoms. The second-order valence-electron chi connectivity index (χ2n) is 6.35. The molecule has 3 aromatic rings. The summed E-state index contributed by atoms with van der Waals surface area (Å²) < 4.78 is 22.3. The van der Waals surface area contributed by atoms with E-state index < -0.39 is 15.7 Å². The second kappa shape index (κ2) is 6.61. The minimum atomic E-state index is -1.32. The summed E-state index contributed by atoms with van der Waals surface area (Å²) in [5.74, 6) is 0. The van der Waals surface area contributed by atoms with Gasteiger partial charge in [-0.1, -0.05) is 39.3 Å². The van der Waals surface area contributed by atoms with E-state index in [9.17, 15) is 4.21 Å². The maximum absolute atomic E-state index is 12.2. The highest BCUT2D eigenvalue weighted by molar-refractivity contribution is 9.10. The minimum absolute atomic E-state index is 0.400. The Morgan fingerprint density at radius 3 is 2.71 bits per heavy atom. The molecule has 0 aliphatic heterocycles. The van der Waals surface area contributed by atoms with Gasteiger partial charge in [-0.2, -0.15) is 4.40 Å². The molecule has 0 aliphatic rings. The van der Waals surface area contributed by atoms with Gasteiger partial charge < -0.3 is 4.52 Å². The fourth-order valence-corrected chi connectivity index (χ4v) is 3.10. The van der Waals surface area contributed by atoms with Gasteiger partial charge in [0.15, 0.2) is 5.58 Å². The topological polar surface area (TPSA) is 55.5 Å². The first-order valence-electron chi connectivity index (χ1n) is 7.46. The summed E-state index contributed by atoms with van der Waals surface area (Å²) in [6.45, 7) is 5.69. The molecule has 0 unspecified atom stereocenters. The predicted molar refractivity (Wildman–Crippen MR) is 103 cm³/mol. The van der Waals surface area contributed by atoms with Crippen LogP contribution < -0.4 is 0 Å². The molecule has 1 atom stereocenters. The fourth-order valence-electron chi connectivity index (χ4n) is 2.20. The third kappa shape index (κ3) is 3.49. The normalized spacial score (nSPS) is 13.7. The van der Waals surface area contributed by atoms with E-state index in [4.69, 9.17) is 4.52 Å². The lowest BCUT2D eigenvalue weighted by molar-refractivity contribution is 0.459. The molecule has 1 heterocycles. The molecular weight excluding hydrogens is 388 g/mol. The number of hydrogen-bond acceptors (Lipinski definition) is 3. The molecule has 0 aliphatic carbocycles. The molecule has 1 aromatic heterocycles. The molecule has 0 saturated carbocycles. The number of para-hydroxylation sites is 1. The largest absolute Gasteiger partial charge is 0.356 e. The number of nitrogens with zero attached hydrogens (tertiary/aromatic N) is 2. The number of halogens is 1. The average molecular weight is 405 g/mol. The first kappa shape index (κ1) is 17.0. The van der Waals surface area contributed by atoms with Crippen molar-refractivity contribution in [3.05, 3.63) is 52.5 Å². The smallest absolute Gasteiger partial charge is 0.167 e. The highest BCUT2D eigenvalue weighted by Crippen LogP contribution is 2.31. The van der Waals surface area contributed by atoms with Gasteiger partial charge >= 0.3 is 0 Å². The van der Waals surface area contributed by atoms with Crippen LogP contribution >= 0.6 is 15.9 Å². The van der Waals surface area contributed by atoms with Crippen LogP contribution in [0.2, 0.25) is 0 Å². The van der Waals surface area contributed by atoms with Crippen LogP contribution in [0.1, 0.15) is 26.3 Å². The maximum atomic E-state index is 12.2. The zero-order valence-electron chi connectivity index (χ0n) is 13.6. The Bertz CT molecular complexity index is 942. The van der Waals surface area contributed by atoms with Crippen LogP contribution in [0.5, 0.6) is 0 Å². The monoisotopic (exact) mass is 404 g/mol. The van der Waals surface area contributed by atoms with E-state index in [1.54, 1.807) is 6.21 Å². The van der Waals surface area contributed by atoms with Gasteiger partial charge in [0.2, 0.25) is 0 Å². The molecule has 0 spiro atoms. The Hall–Kier alpha value is -1.79. The van der Waals surface area contributed by atoms with Gasteiger partial charge in [-0.05, 0) is 45.0 Å². The third-order valence-corrected chi connectivity index (χ3v) is 5.30. The fraction of sp³-hybridized carbons (Fsp3) is 0.222. The summed E-state index contributed by atoms with van der Waals surface area (Å²) in [7, 11) is -1.32.